The highest BCUT2D eigenvalue weighted by Gasteiger charge is 2.37. The Hall–Kier alpha value is -3.49. The highest BCUT2D eigenvalue weighted by Crippen LogP contribution is 2.39. The molecule has 1 aromatic carbocycles. The minimum atomic E-state index is -0.425. The van der Waals surface area contributed by atoms with Crippen molar-refractivity contribution in [3.8, 4) is 0 Å². The van der Waals surface area contributed by atoms with Gasteiger partial charge in [-0.2, -0.15) is 10.1 Å². The minimum Gasteiger partial charge on any atom is -0.363 e. The number of H-pyrrole nitrogens is 1. The van der Waals surface area contributed by atoms with Crippen molar-refractivity contribution in [2.75, 3.05) is 5.32 Å². The number of amidine groups is 1. The number of benzene rings is 1. The SMILES string of the molecule is O=c1c2ccccc2nc2n1C1N=CNC1C(Nc1cc(C3CC3)[nH]n1)=N2. The van der Waals surface area contributed by atoms with Gasteiger partial charge in [0.1, 0.15) is 11.9 Å². The zero-order chi connectivity index (χ0) is 18.0. The Morgan fingerprint density at radius 3 is 3.00 bits per heavy atom. The maximum atomic E-state index is 13.0. The number of para-hydroxylation sites is 1. The molecule has 0 amide bonds. The van der Waals surface area contributed by atoms with E-state index in [-0.39, 0.29) is 11.6 Å². The van der Waals surface area contributed by atoms with Gasteiger partial charge in [-0.1, -0.05) is 12.1 Å². The van der Waals surface area contributed by atoms with Crippen LogP contribution in [-0.4, -0.2) is 38.0 Å². The number of fused-ring (bicyclic) bond motifs is 4. The standard InChI is InChI=1S/C18H16N8O/c27-17-10-3-1-2-4-11(10)21-18-23-15(14-16(26(17)18)20-8-19-14)22-13-7-12(24-25-13)9-5-6-9/h1-4,7-9,14,16H,5-6H2,(H,19,20)(H2,21,22,23,24,25). The molecule has 2 aromatic heterocycles. The molecule has 2 unspecified atom stereocenters. The third kappa shape index (κ3) is 2.21. The third-order valence-electron chi connectivity index (χ3n) is 5.22. The number of aromatic nitrogens is 4. The van der Waals surface area contributed by atoms with Gasteiger partial charge in [-0.3, -0.25) is 14.5 Å². The van der Waals surface area contributed by atoms with Gasteiger partial charge >= 0.3 is 0 Å². The fraction of sp³-hybridized carbons (Fsp3) is 0.278. The number of nitrogens with one attached hydrogen (secondary N) is 3. The Balaban J connectivity index is 1.46. The summed E-state index contributed by atoms with van der Waals surface area (Å²) in [5.41, 5.74) is 1.63. The summed E-state index contributed by atoms with van der Waals surface area (Å²) in [7, 11) is 0. The quantitative estimate of drug-likeness (QED) is 0.643. The summed E-state index contributed by atoms with van der Waals surface area (Å²) in [6, 6.07) is 9.04. The number of aliphatic imine (C=N–C) groups is 2. The van der Waals surface area contributed by atoms with E-state index >= 15 is 0 Å². The summed E-state index contributed by atoms with van der Waals surface area (Å²) in [6.07, 6.45) is 3.60. The second-order valence-corrected chi connectivity index (χ2v) is 7.05. The molecule has 6 rings (SSSR count). The van der Waals surface area contributed by atoms with Gasteiger partial charge in [-0.15, -0.1) is 0 Å². The smallest absolute Gasteiger partial charge is 0.264 e. The summed E-state index contributed by atoms with van der Waals surface area (Å²) in [5, 5.41) is 14.4. The Morgan fingerprint density at radius 2 is 2.11 bits per heavy atom. The van der Waals surface area contributed by atoms with Gasteiger partial charge in [0.15, 0.2) is 12.0 Å². The second-order valence-electron chi connectivity index (χ2n) is 7.05. The Labute approximate surface area is 153 Å². The van der Waals surface area contributed by atoms with Crippen LogP contribution in [0.4, 0.5) is 11.8 Å². The third-order valence-corrected chi connectivity index (χ3v) is 5.22. The first-order valence-corrected chi connectivity index (χ1v) is 8.98. The van der Waals surface area contributed by atoms with Gasteiger partial charge in [-0.05, 0) is 25.0 Å². The van der Waals surface area contributed by atoms with Crippen LogP contribution in [0, 0.1) is 0 Å². The van der Waals surface area contributed by atoms with Crippen LogP contribution in [0.5, 0.6) is 0 Å². The lowest BCUT2D eigenvalue weighted by Gasteiger charge is -2.27. The molecule has 3 aliphatic rings. The van der Waals surface area contributed by atoms with Crippen molar-refractivity contribution in [2.45, 2.75) is 31.0 Å². The number of rotatable bonds is 2. The molecule has 27 heavy (non-hydrogen) atoms. The Morgan fingerprint density at radius 1 is 1.22 bits per heavy atom. The van der Waals surface area contributed by atoms with Crippen molar-refractivity contribution in [3.63, 3.8) is 0 Å². The van der Waals surface area contributed by atoms with Crippen molar-refractivity contribution >= 4 is 34.8 Å². The minimum absolute atomic E-state index is 0.134. The molecule has 2 atom stereocenters. The molecule has 9 nitrogen and oxygen atoms in total. The lowest BCUT2D eigenvalue weighted by molar-refractivity contribution is 0.473. The van der Waals surface area contributed by atoms with E-state index in [1.165, 1.54) is 12.8 Å². The molecule has 1 fully saturated rings. The number of hydrogen-bond acceptors (Lipinski definition) is 7. The van der Waals surface area contributed by atoms with E-state index in [2.05, 4.69) is 35.8 Å². The van der Waals surface area contributed by atoms with Crippen LogP contribution in [0.25, 0.3) is 10.9 Å². The molecule has 1 saturated carbocycles. The van der Waals surface area contributed by atoms with Crippen LogP contribution in [0.1, 0.15) is 30.6 Å². The maximum absolute atomic E-state index is 13.0. The average molecular weight is 360 g/mol. The summed E-state index contributed by atoms with van der Waals surface area (Å²) in [5.74, 6) is 2.30. The lowest BCUT2D eigenvalue weighted by Crippen LogP contribution is -2.46. The number of nitrogens with zero attached hydrogens (tertiary/aromatic N) is 5. The molecule has 3 aromatic rings. The molecule has 0 saturated heterocycles. The zero-order valence-electron chi connectivity index (χ0n) is 14.3. The number of anilines is 1. The molecule has 3 N–H and O–H groups in total. The molecule has 1 aliphatic carbocycles. The van der Waals surface area contributed by atoms with Gasteiger partial charge in [0.25, 0.3) is 5.56 Å². The van der Waals surface area contributed by atoms with E-state index in [9.17, 15) is 4.79 Å². The molecule has 134 valence electrons. The monoisotopic (exact) mass is 360 g/mol. The first-order valence-electron chi connectivity index (χ1n) is 8.98. The largest absolute Gasteiger partial charge is 0.363 e. The van der Waals surface area contributed by atoms with Crippen molar-refractivity contribution < 1.29 is 0 Å². The molecule has 9 heteroatoms. The molecular weight excluding hydrogens is 344 g/mol. The van der Waals surface area contributed by atoms with Crippen LogP contribution in [0.15, 0.2) is 45.1 Å². The summed E-state index contributed by atoms with van der Waals surface area (Å²) >= 11 is 0. The van der Waals surface area contributed by atoms with Crippen LogP contribution >= 0.6 is 0 Å². The van der Waals surface area contributed by atoms with E-state index in [0.29, 0.717) is 34.4 Å². The van der Waals surface area contributed by atoms with Crippen LogP contribution in [-0.2, 0) is 0 Å². The molecule has 2 aliphatic heterocycles. The highest BCUT2D eigenvalue weighted by molar-refractivity contribution is 6.03. The Kier molecular flexibility index (Phi) is 2.85. The first kappa shape index (κ1) is 14.7. The molecule has 0 radical (unpaired) electrons. The van der Waals surface area contributed by atoms with Crippen LogP contribution in [0.2, 0.25) is 0 Å². The maximum Gasteiger partial charge on any atom is 0.264 e. The first-order chi connectivity index (χ1) is 13.3. The molecular formula is C18H16N8O. The highest BCUT2D eigenvalue weighted by atomic mass is 16.1. The van der Waals surface area contributed by atoms with Crippen LogP contribution in [0.3, 0.4) is 0 Å². The van der Waals surface area contributed by atoms with Crippen molar-refractivity contribution in [1.82, 2.24) is 25.1 Å². The van der Waals surface area contributed by atoms with E-state index < -0.39 is 6.17 Å². The predicted octanol–water partition coefficient (Wildman–Crippen LogP) is 1.65. The molecule has 4 heterocycles. The topological polar surface area (TPSA) is 112 Å². The zero-order valence-corrected chi connectivity index (χ0v) is 14.3. The van der Waals surface area contributed by atoms with Crippen molar-refractivity contribution in [1.29, 1.82) is 0 Å². The fourth-order valence-electron chi connectivity index (χ4n) is 3.68. The van der Waals surface area contributed by atoms with Gasteiger partial charge in [0.2, 0.25) is 5.95 Å². The average Bonchev–Trinajstić information content (AvgIpc) is 3.22. The normalized spacial score (nSPS) is 22.9. The van der Waals surface area contributed by atoms with E-state index in [1.807, 2.05) is 24.3 Å². The summed E-state index contributed by atoms with van der Waals surface area (Å²) in [4.78, 5) is 26.6. The lowest BCUT2D eigenvalue weighted by atomic mass is 10.1. The summed E-state index contributed by atoms with van der Waals surface area (Å²) < 4.78 is 1.55. The number of hydrogen-bond donors (Lipinski definition) is 3. The Bertz CT molecular complexity index is 1190. The van der Waals surface area contributed by atoms with Gasteiger partial charge in [0.05, 0.1) is 17.2 Å². The van der Waals surface area contributed by atoms with Gasteiger partial charge in [-0.25, -0.2) is 9.98 Å². The fourth-order valence-corrected chi connectivity index (χ4v) is 3.68. The van der Waals surface area contributed by atoms with Crippen LogP contribution < -0.4 is 16.2 Å². The van der Waals surface area contributed by atoms with Crippen molar-refractivity contribution in [2.24, 2.45) is 9.98 Å². The summed E-state index contributed by atoms with van der Waals surface area (Å²) in [6.45, 7) is 0. The van der Waals surface area contributed by atoms with E-state index in [1.54, 1.807) is 17.0 Å². The predicted molar refractivity (Wildman–Crippen MR) is 102 cm³/mol. The second kappa shape index (κ2) is 5.26. The molecule has 0 bridgehead atoms. The molecule has 0 spiro atoms. The van der Waals surface area contributed by atoms with Gasteiger partial charge < -0.3 is 10.6 Å². The van der Waals surface area contributed by atoms with Gasteiger partial charge in [0, 0.05) is 17.7 Å². The number of aromatic amines is 1. The van der Waals surface area contributed by atoms with Crippen molar-refractivity contribution in [3.05, 3.63) is 46.4 Å². The van der Waals surface area contributed by atoms with E-state index in [0.717, 1.165) is 5.69 Å². The van der Waals surface area contributed by atoms with E-state index in [4.69, 9.17) is 0 Å².